The van der Waals surface area contributed by atoms with Crippen LogP contribution in [0.25, 0.3) is 0 Å². The van der Waals surface area contributed by atoms with E-state index in [-0.39, 0.29) is 5.69 Å². The largest absolute Gasteiger partial charge is 0.330 e. The van der Waals surface area contributed by atoms with Gasteiger partial charge in [-0.25, -0.2) is 13.2 Å². The fraction of sp³-hybridized carbons (Fsp3) is 0.353. The molecular weight excluding hydrogens is 358 g/mol. The zero-order valence-corrected chi connectivity index (χ0v) is 15.9. The fourth-order valence-corrected chi connectivity index (χ4v) is 3.86. The minimum atomic E-state index is -3.93. The Balaban J connectivity index is 2.32. The maximum Gasteiger partial charge on any atom is 0.330 e. The van der Waals surface area contributed by atoms with Crippen LogP contribution in [0.3, 0.4) is 0 Å². The molecule has 0 aliphatic rings. The molecule has 1 aromatic heterocycles. The van der Waals surface area contributed by atoms with Gasteiger partial charge in [0.25, 0.3) is 5.56 Å². The molecule has 0 radical (unpaired) electrons. The van der Waals surface area contributed by atoms with Gasteiger partial charge < -0.3 is 4.90 Å². The average molecular weight is 379 g/mol. The van der Waals surface area contributed by atoms with E-state index in [0.29, 0.717) is 5.69 Å². The monoisotopic (exact) mass is 379 g/mol. The van der Waals surface area contributed by atoms with Gasteiger partial charge in [0.05, 0.1) is 5.75 Å². The van der Waals surface area contributed by atoms with Crippen LogP contribution in [0.15, 0.2) is 46.0 Å². The van der Waals surface area contributed by atoms with E-state index < -0.39 is 38.0 Å². The van der Waals surface area contributed by atoms with E-state index in [1.807, 2.05) is 0 Å². The van der Waals surface area contributed by atoms with Gasteiger partial charge in [-0.1, -0.05) is 18.2 Å². The Morgan fingerprint density at radius 2 is 1.69 bits per heavy atom. The Labute approximate surface area is 151 Å². The van der Waals surface area contributed by atoms with Crippen molar-refractivity contribution in [3.63, 3.8) is 0 Å². The van der Waals surface area contributed by atoms with Gasteiger partial charge in [-0.05, 0) is 19.1 Å². The molecule has 9 heteroatoms. The molecule has 1 amide bonds. The fourth-order valence-electron chi connectivity index (χ4n) is 2.45. The number of sulfone groups is 1. The molecule has 0 aliphatic heterocycles. The van der Waals surface area contributed by atoms with E-state index in [2.05, 4.69) is 0 Å². The number of rotatable bonds is 5. The zero-order chi connectivity index (χ0) is 19.6. The summed E-state index contributed by atoms with van der Waals surface area (Å²) in [6.45, 7) is 1.30. The molecule has 0 aliphatic carbocycles. The number of para-hydroxylation sites is 1. The first kappa shape index (κ1) is 19.6. The van der Waals surface area contributed by atoms with Gasteiger partial charge in [0.2, 0.25) is 5.91 Å². The minimum absolute atomic E-state index is 0.0418. The third-order valence-corrected chi connectivity index (χ3v) is 6.31. The van der Waals surface area contributed by atoms with Crippen molar-refractivity contribution < 1.29 is 13.2 Å². The van der Waals surface area contributed by atoms with E-state index in [0.717, 1.165) is 15.2 Å². The minimum Gasteiger partial charge on any atom is -0.314 e. The Bertz CT molecular complexity index is 1040. The molecule has 8 nitrogen and oxygen atoms in total. The Morgan fingerprint density at radius 1 is 1.12 bits per heavy atom. The lowest BCUT2D eigenvalue weighted by Crippen LogP contribution is -2.42. The van der Waals surface area contributed by atoms with Gasteiger partial charge in [0, 0.05) is 38.6 Å². The van der Waals surface area contributed by atoms with Crippen molar-refractivity contribution in [3.8, 4) is 0 Å². The standard InChI is InChI=1S/C17H21N3O5S/c1-12(16(22)18(2)13-8-6-5-7-9-13)26(24,25)11-14-10-15(21)20(4)17(23)19(14)3/h5-10,12H,11H2,1-4H3/t12-/m0/s1. The molecule has 0 fully saturated rings. The summed E-state index contributed by atoms with van der Waals surface area (Å²) in [5.74, 6) is -1.17. The zero-order valence-electron chi connectivity index (χ0n) is 15.0. The van der Waals surface area contributed by atoms with Crippen LogP contribution in [0.1, 0.15) is 12.6 Å². The van der Waals surface area contributed by atoms with Crippen LogP contribution < -0.4 is 16.1 Å². The first-order chi connectivity index (χ1) is 12.1. The Hall–Kier alpha value is -2.68. The van der Waals surface area contributed by atoms with Crippen molar-refractivity contribution in [1.29, 1.82) is 0 Å². The van der Waals surface area contributed by atoms with Crippen LogP contribution in [-0.2, 0) is 34.5 Å². The molecule has 26 heavy (non-hydrogen) atoms. The number of amides is 1. The smallest absolute Gasteiger partial charge is 0.314 e. The first-order valence-corrected chi connectivity index (χ1v) is 9.58. The normalized spacial score (nSPS) is 12.6. The third kappa shape index (κ3) is 3.77. The Morgan fingerprint density at radius 3 is 2.27 bits per heavy atom. The predicted molar refractivity (Wildman–Crippen MR) is 98.9 cm³/mol. The number of benzene rings is 1. The second-order valence-corrected chi connectivity index (χ2v) is 8.38. The highest BCUT2D eigenvalue weighted by molar-refractivity contribution is 7.92. The molecule has 0 saturated heterocycles. The lowest BCUT2D eigenvalue weighted by Gasteiger charge is -2.22. The second-order valence-electron chi connectivity index (χ2n) is 6.06. The predicted octanol–water partition coefficient (Wildman–Crippen LogP) is 0.0503. The summed E-state index contributed by atoms with van der Waals surface area (Å²) in [6, 6.07) is 9.76. The highest BCUT2D eigenvalue weighted by Gasteiger charge is 2.31. The maximum atomic E-state index is 12.7. The summed E-state index contributed by atoms with van der Waals surface area (Å²) < 4.78 is 27.3. The van der Waals surface area contributed by atoms with Crippen molar-refractivity contribution in [3.05, 3.63) is 62.9 Å². The summed E-state index contributed by atoms with van der Waals surface area (Å²) in [5, 5.41) is -1.33. The van der Waals surface area contributed by atoms with Crippen LogP contribution >= 0.6 is 0 Å². The summed E-state index contributed by atoms with van der Waals surface area (Å²) in [4.78, 5) is 37.6. The van der Waals surface area contributed by atoms with Crippen LogP contribution in [0.2, 0.25) is 0 Å². The van der Waals surface area contributed by atoms with Gasteiger partial charge in [0.15, 0.2) is 9.84 Å². The molecule has 2 aromatic rings. The lowest BCUT2D eigenvalue weighted by molar-refractivity contribution is -0.117. The molecule has 0 bridgehead atoms. The SMILES string of the molecule is C[C@@H](C(=O)N(C)c1ccccc1)S(=O)(=O)Cc1cc(=O)n(C)c(=O)n1C. The average Bonchev–Trinajstić information content (AvgIpc) is 2.63. The number of nitrogens with zero attached hydrogens (tertiary/aromatic N) is 3. The maximum absolute atomic E-state index is 12.7. The Kier molecular flexibility index (Phi) is 5.50. The van der Waals surface area contributed by atoms with Gasteiger partial charge in [-0.15, -0.1) is 0 Å². The highest BCUT2D eigenvalue weighted by Crippen LogP contribution is 2.17. The van der Waals surface area contributed by atoms with Crippen molar-refractivity contribution in [2.75, 3.05) is 11.9 Å². The van der Waals surface area contributed by atoms with Crippen LogP contribution in [0, 0.1) is 0 Å². The summed E-state index contributed by atoms with van der Waals surface area (Å²) in [6.07, 6.45) is 0. The van der Waals surface area contributed by atoms with Crippen LogP contribution in [-0.4, -0.2) is 35.8 Å². The number of aromatic nitrogens is 2. The van der Waals surface area contributed by atoms with Crippen molar-refractivity contribution in [2.45, 2.75) is 17.9 Å². The molecule has 1 aromatic carbocycles. The molecule has 0 N–H and O–H groups in total. The topological polar surface area (TPSA) is 98.5 Å². The van der Waals surface area contributed by atoms with Crippen LogP contribution in [0.4, 0.5) is 5.69 Å². The molecule has 0 unspecified atom stereocenters. The van der Waals surface area contributed by atoms with E-state index in [4.69, 9.17) is 0 Å². The summed E-state index contributed by atoms with van der Waals surface area (Å²) in [5.41, 5.74) is -0.609. The van der Waals surface area contributed by atoms with Gasteiger partial charge >= 0.3 is 5.69 Å². The molecule has 0 spiro atoms. The summed E-state index contributed by atoms with van der Waals surface area (Å²) in [7, 11) is 0.258. The quantitative estimate of drug-likeness (QED) is 0.731. The molecule has 140 valence electrons. The molecule has 2 rings (SSSR count). The van der Waals surface area contributed by atoms with Gasteiger partial charge in [-0.2, -0.15) is 0 Å². The van der Waals surface area contributed by atoms with Crippen molar-refractivity contribution >= 4 is 21.4 Å². The van der Waals surface area contributed by atoms with E-state index in [1.54, 1.807) is 30.3 Å². The molecule has 1 atom stereocenters. The first-order valence-electron chi connectivity index (χ1n) is 7.86. The second kappa shape index (κ2) is 7.28. The number of anilines is 1. The van der Waals surface area contributed by atoms with E-state index >= 15 is 0 Å². The molecule has 1 heterocycles. The number of carbonyl (C=O) groups excluding carboxylic acids is 1. The van der Waals surface area contributed by atoms with E-state index in [9.17, 15) is 22.8 Å². The van der Waals surface area contributed by atoms with Gasteiger partial charge in [0.1, 0.15) is 5.25 Å². The third-order valence-electron chi connectivity index (χ3n) is 4.33. The van der Waals surface area contributed by atoms with Crippen molar-refractivity contribution in [1.82, 2.24) is 9.13 Å². The molecular formula is C17H21N3O5S. The van der Waals surface area contributed by atoms with Gasteiger partial charge in [-0.3, -0.25) is 18.7 Å². The highest BCUT2D eigenvalue weighted by atomic mass is 32.2. The van der Waals surface area contributed by atoms with E-state index in [1.165, 1.54) is 33.0 Å². The summed E-state index contributed by atoms with van der Waals surface area (Å²) >= 11 is 0. The van der Waals surface area contributed by atoms with Crippen molar-refractivity contribution in [2.24, 2.45) is 14.1 Å². The number of hydrogen-bond acceptors (Lipinski definition) is 5. The molecule has 0 saturated carbocycles. The number of hydrogen-bond donors (Lipinski definition) is 0. The number of carbonyl (C=O) groups is 1. The van der Waals surface area contributed by atoms with Crippen LogP contribution in [0.5, 0.6) is 0 Å². The lowest BCUT2D eigenvalue weighted by atomic mass is 10.3.